The van der Waals surface area contributed by atoms with Crippen LogP contribution in [0.15, 0.2) is 54.6 Å². The molecule has 0 bridgehead atoms. The first kappa shape index (κ1) is 29.9. The van der Waals surface area contributed by atoms with Crippen LogP contribution >= 0.6 is 0 Å². The lowest BCUT2D eigenvalue weighted by molar-refractivity contribution is -0.184. The predicted molar refractivity (Wildman–Crippen MR) is 155 cm³/mol. The SMILES string of the molecule is CCOC(=O)CC1CCCC(CO[Si](c2ccccc2)c2ccc(C(C)(C)C)cc2)(CC2COC(C)(C)O2)O1. The molecule has 0 saturated carbocycles. The highest BCUT2D eigenvalue weighted by Gasteiger charge is 2.44. The standard InChI is InChI=1S/C32H45O6Si/c1-7-34-29(33)20-25-12-11-19-32(38-25,21-26-22-35-31(5,6)37-26)23-36-39(27-13-9-8-10-14-27)28-17-15-24(16-18-28)30(2,3)4/h8-10,13-18,25-26H,7,11-12,19-23H2,1-6H3. The molecule has 7 heteroatoms. The molecule has 2 aliphatic heterocycles. The summed E-state index contributed by atoms with van der Waals surface area (Å²) in [6.07, 6.45) is 3.26. The number of rotatable bonds is 10. The van der Waals surface area contributed by atoms with Crippen LogP contribution in [0.25, 0.3) is 0 Å². The average molecular weight is 554 g/mol. The van der Waals surface area contributed by atoms with Crippen molar-refractivity contribution in [2.45, 2.75) is 103 Å². The van der Waals surface area contributed by atoms with Crippen molar-refractivity contribution in [1.82, 2.24) is 0 Å². The van der Waals surface area contributed by atoms with Gasteiger partial charge in [0.05, 0.1) is 44.1 Å². The van der Waals surface area contributed by atoms with E-state index >= 15 is 0 Å². The third kappa shape index (κ3) is 8.24. The quantitative estimate of drug-likeness (QED) is 0.308. The third-order valence-corrected chi connectivity index (χ3v) is 9.62. The van der Waals surface area contributed by atoms with Crippen LogP contribution in [0.5, 0.6) is 0 Å². The van der Waals surface area contributed by atoms with Crippen molar-refractivity contribution in [3.05, 3.63) is 60.2 Å². The summed E-state index contributed by atoms with van der Waals surface area (Å²) in [5.41, 5.74) is 0.819. The van der Waals surface area contributed by atoms with Gasteiger partial charge >= 0.3 is 5.97 Å². The van der Waals surface area contributed by atoms with Crippen LogP contribution in [-0.4, -0.2) is 58.4 Å². The van der Waals surface area contributed by atoms with E-state index in [0.717, 1.165) is 19.3 Å². The maximum Gasteiger partial charge on any atom is 0.308 e. The maximum atomic E-state index is 12.3. The van der Waals surface area contributed by atoms with Gasteiger partial charge in [0.25, 0.3) is 9.04 Å². The van der Waals surface area contributed by atoms with Crippen molar-refractivity contribution < 1.29 is 28.2 Å². The summed E-state index contributed by atoms with van der Waals surface area (Å²) in [5, 5.41) is 2.40. The Kier molecular flexibility index (Phi) is 9.71. The molecule has 0 aliphatic carbocycles. The Morgan fingerprint density at radius 2 is 1.69 bits per heavy atom. The van der Waals surface area contributed by atoms with Crippen molar-refractivity contribution >= 4 is 25.4 Å². The monoisotopic (exact) mass is 553 g/mol. The highest BCUT2D eigenvalue weighted by atomic mass is 28.3. The minimum atomic E-state index is -1.55. The molecule has 0 spiro atoms. The van der Waals surface area contributed by atoms with Gasteiger partial charge in [0.2, 0.25) is 0 Å². The van der Waals surface area contributed by atoms with Crippen LogP contribution in [0.3, 0.4) is 0 Å². The highest BCUT2D eigenvalue weighted by Crippen LogP contribution is 2.38. The molecule has 2 heterocycles. The minimum Gasteiger partial charge on any atom is -0.466 e. The summed E-state index contributed by atoms with van der Waals surface area (Å²) in [5.74, 6) is -0.826. The maximum absolute atomic E-state index is 12.3. The van der Waals surface area contributed by atoms with E-state index < -0.39 is 20.4 Å². The van der Waals surface area contributed by atoms with Crippen molar-refractivity contribution in [2.24, 2.45) is 0 Å². The van der Waals surface area contributed by atoms with E-state index in [9.17, 15) is 4.79 Å². The predicted octanol–water partition coefficient (Wildman–Crippen LogP) is 4.91. The Bertz CT molecular complexity index is 1060. The van der Waals surface area contributed by atoms with Gasteiger partial charge in [0.1, 0.15) is 0 Å². The molecule has 4 rings (SSSR count). The van der Waals surface area contributed by atoms with E-state index in [4.69, 9.17) is 23.4 Å². The Labute approximate surface area is 236 Å². The van der Waals surface area contributed by atoms with Crippen molar-refractivity contribution in [3.63, 3.8) is 0 Å². The zero-order valence-electron chi connectivity index (χ0n) is 24.5. The van der Waals surface area contributed by atoms with E-state index in [1.54, 1.807) is 0 Å². The molecule has 0 N–H and O–H groups in total. The summed E-state index contributed by atoms with van der Waals surface area (Å²) in [6.45, 7) is 13.7. The molecular weight excluding hydrogens is 508 g/mol. The van der Waals surface area contributed by atoms with Crippen LogP contribution in [0, 0.1) is 0 Å². The van der Waals surface area contributed by atoms with Gasteiger partial charge < -0.3 is 23.4 Å². The fourth-order valence-corrected chi connectivity index (χ4v) is 7.55. The molecule has 3 atom stereocenters. The first-order valence-electron chi connectivity index (χ1n) is 14.3. The number of ether oxygens (including phenoxy) is 4. The second-order valence-electron chi connectivity index (χ2n) is 12.3. The molecule has 2 aromatic carbocycles. The lowest BCUT2D eigenvalue weighted by Gasteiger charge is -2.43. The Balaban J connectivity index is 1.58. The van der Waals surface area contributed by atoms with Crippen molar-refractivity contribution in [2.75, 3.05) is 19.8 Å². The van der Waals surface area contributed by atoms with Crippen LogP contribution in [0.1, 0.15) is 79.2 Å². The van der Waals surface area contributed by atoms with Gasteiger partial charge in [-0.1, -0.05) is 75.4 Å². The molecule has 1 radical (unpaired) electrons. The van der Waals surface area contributed by atoms with Crippen molar-refractivity contribution in [3.8, 4) is 0 Å². The number of carbonyl (C=O) groups excluding carboxylic acids is 1. The smallest absolute Gasteiger partial charge is 0.308 e. The van der Waals surface area contributed by atoms with E-state index in [0.29, 0.717) is 26.2 Å². The van der Waals surface area contributed by atoms with Gasteiger partial charge in [-0.3, -0.25) is 4.79 Å². The fraction of sp³-hybridized carbons (Fsp3) is 0.594. The van der Waals surface area contributed by atoms with E-state index in [1.165, 1.54) is 15.9 Å². The van der Waals surface area contributed by atoms with Gasteiger partial charge in [0.15, 0.2) is 5.79 Å². The number of carbonyl (C=O) groups is 1. The molecule has 39 heavy (non-hydrogen) atoms. The largest absolute Gasteiger partial charge is 0.466 e. The zero-order valence-corrected chi connectivity index (χ0v) is 25.5. The van der Waals surface area contributed by atoms with Gasteiger partial charge in [-0.05, 0) is 61.4 Å². The summed E-state index contributed by atoms with van der Waals surface area (Å²) in [4.78, 5) is 12.3. The molecule has 3 unspecified atom stereocenters. The first-order chi connectivity index (χ1) is 18.5. The van der Waals surface area contributed by atoms with Crippen LogP contribution in [0.2, 0.25) is 0 Å². The Morgan fingerprint density at radius 3 is 2.31 bits per heavy atom. The molecule has 213 valence electrons. The Hall–Kier alpha value is -2.03. The molecule has 0 aromatic heterocycles. The molecule has 2 fully saturated rings. The van der Waals surface area contributed by atoms with E-state index in [-0.39, 0.29) is 30.0 Å². The average Bonchev–Trinajstić information content (AvgIpc) is 3.22. The molecule has 6 nitrogen and oxygen atoms in total. The number of hydrogen-bond donors (Lipinski definition) is 0. The summed E-state index contributed by atoms with van der Waals surface area (Å²) >= 11 is 0. The molecule has 2 aliphatic rings. The summed E-state index contributed by atoms with van der Waals surface area (Å²) in [6, 6.07) is 19.4. The molecule has 0 amide bonds. The molecule has 2 saturated heterocycles. The number of hydrogen-bond acceptors (Lipinski definition) is 6. The van der Waals surface area contributed by atoms with Crippen LogP contribution in [0.4, 0.5) is 0 Å². The minimum absolute atomic E-state index is 0.0874. The second kappa shape index (κ2) is 12.6. The second-order valence-corrected chi connectivity index (χ2v) is 14.4. The van der Waals surface area contributed by atoms with Gasteiger partial charge in [-0.2, -0.15) is 0 Å². The van der Waals surface area contributed by atoms with Crippen LogP contribution < -0.4 is 10.4 Å². The fourth-order valence-electron chi connectivity index (χ4n) is 5.51. The van der Waals surface area contributed by atoms with Gasteiger partial charge in [-0.15, -0.1) is 0 Å². The first-order valence-corrected chi connectivity index (χ1v) is 15.7. The number of benzene rings is 2. The molecular formula is C32H45O6Si. The summed E-state index contributed by atoms with van der Waals surface area (Å²) in [7, 11) is -1.55. The van der Waals surface area contributed by atoms with Gasteiger partial charge in [-0.25, -0.2) is 0 Å². The third-order valence-electron chi connectivity index (χ3n) is 7.47. The zero-order chi connectivity index (χ0) is 28.1. The van der Waals surface area contributed by atoms with Crippen LogP contribution in [-0.2, 0) is 33.6 Å². The topological polar surface area (TPSA) is 63.2 Å². The summed E-state index contributed by atoms with van der Waals surface area (Å²) < 4.78 is 31.0. The number of esters is 1. The molecule has 2 aromatic rings. The van der Waals surface area contributed by atoms with Gasteiger partial charge in [0, 0.05) is 6.42 Å². The Morgan fingerprint density at radius 1 is 1.00 bits per heavy atom. The van der Waals surface area contributed by atoms with Crippen molar-refractivity contribution in [1.29, 1.82) is 0 Å². The normalized spacial score (nSPS) is 25.1. The highest BCUT2D eigenvalue weighted by molar-refractivity contribution is 6.80. The lowest BCUT2D eigenvalue weighted by Crippen LogP contribution is -2.52. The van der Waals surface area contributed by atoms with E-state index in [2.05, 4.69) is 69.3 Å². The van der Waals surface area contributed by atoms with E-state index in [1.807, 2.05) is 26.8 Å². The lowest BCUT2D eigenvalue weighted by atomic mass is 9.86.